The average Bonchev–Trinajstić information content (AvgIpc) is 3.38. The summed E-state index contributed by atoms with van der Waals surface area (Å²) >= 11 is 1.39. The molecule has 2 heterocycles. The molecule has 31 heavy (non-hydrogen) atoms. The molecule has 0 fully saturated rings. The zero-order valence-corrected chi connectivity index (χ0v) is 19.0. The predicted octanol–water partition coefficient (Wildman–Crippen LogP) is 4.15. The number of carbonyl (C=O) groups excluding carboxylic acids is 1. The fourth-order valence-corrected chi connectivity index (χ4v) is 4.38. The molecule has 2 aromatic carbocycles. The molecule has 4 rings (SSSR count). The molecular formula is C23H26N4O3S. The van der Waals surface area contributed by atoms with Crippen molar-refractivity contribution in [2.24, 2.45) is 0 Å². The smallest absolute Gasteiger partial charge is 0.231 e. The predicted molar refractivity (Wildman–Crippen MR) is 120 cm³/mol. The molecular weight excluding hydrogens is 412 g/mol. The van der Waals surface area contributed by atoms with E-state index < -0.39 is 5.54 Å². The van der Waals surface area contributed by atoms with Crippen molar-refractivity contribution >= 4 is 17.7 Å². The minimum atomic E-state index is -0.552. The number of rotatable bonds is 7. The van der Waals surface area contributed by atoms with Crippen molar-refractivity contribution in [1.29, 1.82) is 0 Å². The first-order valence-electron chi connectivity index (χ1n) is 10.2. The number of fused-ring (bicyclic) bond motifs is 1. The average molecular weight is 439 g/mol. The maximum Gasteiger partial charge on any atom is 0.231 e. The number of amides is 1. The molecule has 8 heteroatoms. The molecule has 0 aliphatic carbocycles. The highest BCUT2D eigenvalue weighted by Crippen LogP contribution is 2.35. The van der Waals surface area contributed by atoms with E-state index in [2.05, 4.69) is 35.4 Å². The highest BCUT2D eigenvalue weighted by molar-refractivity contribution is 7.99. The molecule has 7 nitrogen and oxygen atoms in total. The van der Waals surface area contributed by atoms with Gasteiger partial charge in [-0.3, -0.25) is 4.79 Å². The lowest BCUT2D eigenvalue weighted by atomic mass is 9.94. The molecule has 1 N–H and O–H groups in total. The van der Waals surface area contributed by atoms with Crippen molar-refractivity contribution < 1.29 is 14.3 Å². The van der Waals surface area contributed by atoms with E-state index in [1.807, 2.05) is 54.8 Å². The SMILES string of the molecule is CCn1c(SCC(=O)NC(C)(C)c2ccc3c(c2)OCO3)nnc1-c1ccccc1C. The maximum atomic E-state index is 12.7. The normalized spacial score (nSPS) is 12.8. The van der Waals surface area contributed by atoms with E-state index in [4.69, 9.17) is 9.47 Å². The number of benzene rings is 2. The summed E-state index contributed by atoms with van der Waals surface area (Å²) in [6, 6.07) is 13.8. The van der Waals surface area contributed by atoms with Crippen LogP contribution in [0.4, 0.5) is 0 Å². The van der Waals surface area contributed by atoms with Gasteiger partial charge in [0.2, 0.25) is 12.7 Å². The Morgan fingerprint density at radius 3 is 2.71 bits per heavy atom. The summed E-state index contributed by atoms with van der Waals surface area (Å²) < 4.78 is 12.9. The van der Waals surface area contributed by atoms with E-state index in [0.717, 1.165) is 40.0 Å². The Hall–Kier alpha value is -3.00. The number of nitrogens with one attached hydrogen (secondary N) is 1. The summed E-state index contributed by atoms with van der Waals surface area (Å²) in [5.74, 6) is 2.43. The van der Waals surface area contributed by atoms with Crippen molar-refractivity contribution in [3.05, 3.63) is 53.6 Å². The van der Waals surface area contributed by atoms with Crippen LogP contribution in [0, 0.1) is 6.92 Å². The van der Waals surface area contributed by atoms with Crippen LogP contribution in [0.15, 0.2) is 47.6 Å². The van der Waals surface area contributed by atoms with Gasteiger partial charge in [0, 0.05) is 12.1 Å². The van der Waals surface area contributed by atoms with Crippen molar-refractivity contribution in [2.75, 3.05) is 12.5 Å². The first-order valence-corrected chi connectivity index (χ1v) is 11.2. The number of carbonyl (C=O) groups is 1. The van der Waals surface area contributed by atoms with Crippen LogP contribution < -0.4 is 14.8 Å². The van der Waals surface area contributed by atoms with Crippen LogP contribution >= 0.6 is 11.8 Å². The van der Waals surface area contributed by atoms with Crippen molar-refractivity contribution in [1.82, 2.24) is 20.1 Å². The Morgan fingerprint density at radius 2 is 1.94 bits per heavy atom. The van der Waals surface area contributed by atoms with Gasteiger partial charge in [-0.25, -0.2) is 0 Å². The lowest BCUT2D eigenvalue weighted by Gasteiger charge is -2.27. The zero-order chi connectivity index (χ0) is 22.0. The zero-order valence-electron chi connectivity index (χ0n) is 18.1. The van der Waals surface area contributed by atoms with Crippen molar-refractivity contribution in [2.45, 2.75) is 44.9 Å². The summed E-state index contributed by atoms with van der Waals surface area (Å²) in [5, 5.41) is 12.6. The van der Waals surface area contributed by atoms with E-state index in [1.165, 1.54) is 11.8 Å². The Balaban J connectivity index is 1.44. The van der Waals surface area contributed by atoms with Gasteiger partial charge in [-0.2, -0.15) is 0 Å². The third-order valence-corrected chi connectivity index (χ3v) is 6.26. The molecule has 0 saturated heterocycles. The number of hydrogen-bond donors (Lipinski definition) is 1. The number of nitrogens with zero attached hydrogens (tertiary/aromatic N) is 3. The monoisotopic (exact) mass is 438 g/mol. The molecule has 0 radical (unpaired) electrons. The number of aromatic nitrogens is 3. The molecule has 3 aromatic rings. The lowest BCUT2D eigenvalue weighted by molar-refractivity contribution is -0.120. The standard InChI is InChI=1S/C23H26N4O3S/c1-5-27-21(17-9-7-6-8-15(17)2)25-26-22(27)31-13-20(28)24-23(3,4)16-10-11-18-19(12-16)30-14-29-18/h6-12H,5,13-14H2,1-4H3,(H,24,28). The van der Waals surface area contributed by atoms with Gasteiger partial charge in [0.1, 0.15) is 0 Å². The van der Waals surface area contributed by atoms with Crippen LogP contribution in [0.2, 0.25) is 0 Å². The van der Waals surface area contributed by atoms with Gasteiger partial charge in [-0.05, 0) is 51.0 Å². The molecule has 1 amide bonds. The van der Waals surface area contributed by atoms with Gasteiger partial charge in [0.15, 0.2) is 22.5 Å². The molecule has 0 unspecified atom stereocenters. The van der Waals surface area contributed by atoms with E-state index in [-0.39, 0.29) is 18.5 Å². The molecule has 1 aliphatic heterocycles. The molecule has 0 atom stereocenters. The van der Waals surface area contributed by atoms with Gasteiger partial charge in [0.05, 0.1) is 11.3 Å². The molecule has 0 spiro atoms. The van der Waals surface area contributed by atoms with Crippen LogP contribution in [0.5, 0.6) is 11.5 Å². The van der Waals surface area contributed by atoms with Crippen LogP contribution in [-0.2, 0) is 16.9 Å². The second kappa shape index (κ2) is 8.63. The highest BCUT2D eigenvalue weighted by Gasteiger charge is 2.26. The van der Waals surface area contributed by atoms with Gasteiger partial charge >= 0.3 is 0 Å². The lowest BCUT2D eigenvalue weighted by Crippen LogP contribution is -2.41. The third-order valence-electron chi connectivity index (χ3n) is 5.30. The first kappa shape index (κ1) is 21.2. The quantitative estimate of drug-likeness (QED) is 0.559. The van der Waals surface area contributed by atoms with E-state index in [0.29, 0.717) is 5.75 Å². The summed E-state index contributed by atoms with van der Waals surface area (Å²) in [7, 11) is 0. The summed E-state index contributed by atoms with van der Waals surface area (Å²) in [6.45, 7) is 9.00. The minimum absolute atomic E-state index is 0.0734. The first-order chi connectivity index (χ1) is 14.9. The van der Waals surface area contributed by atoms with Crippen LogP contribution in [0.1, 0.15) is 31.9 Å². The second-order valence-electron chi connectivity index (χ2n) is 7.90. The Morgan fingerprint density at radius 1 is 1.16 bits per heavy atom. The Bertz CT molecular complexity index is 1110. The molecule has 0 saturated carbocycles. The molecule has 162 valence electrons. The minimum Gasteiger partial charge on any atom is -0.454 e. The Kier molecular flexibility index (Phi) is 5.91. The van der Waals surface area contributed by atoms with E-state index in [9.17, 15) is 4.79 Å². The topological polar surface area (TPSA) is 78.3 Å². The fourth-order valence-electron chi connectivity index (χ4n) is 3.58. The van der Waals surface area contributed by atoms with E-state index >= 15 is 0 Å². The Labute approximate surface area is 186 Å². The van der Waals surface area contributed by atoms with Gasteiger partial charge < -0.3 is 19.4 Å². The fraction of sp³-hybridized carbons (Fsp3) is 0.348. The maximum absolute atomic E-state index is 12.7. The van der Waals surface area contributed by atoms with Crippen molar-refractivity contribution in [3.63, 3.8) is 0 Å². The van der Waals surface area contributed by atoms with Gasteiger partial charge in [0.25, 0.3) is 0 Å². The summed E-state index contributed by atoms with van der Waals surface area (Å²) in [4.78, 5) is 12.7. The van der Waals surface area contributed by atoms with Gasteiger partial charge in [-0.15, -0.1) is 10.2 Å². The molecule has 0 bridgehead atoms. The van der Waals surface area contributed by atoms with E-state index in [1.54, 1.807) is 0 Å². The summed E-state index contributed by atoms with van der Waals surface area (Å²) in [5.41, 5.74) is 2.60. The molecule has 1 aliphatic rings. The van der Waals surface area contributed by atoms with Crippen molar-refractivity contribution in [3.8, 4) is 22.9 Å². The van der Waals surface area contributed by atoms with Crippen LogP contribution in [0.3, 0.4) is 0 Å². The number of hydrogen-bond acceptors (Lipinski definition) is 6. The number of thioether (sulfide) groups is 1. The number of ether oxygens (including phenoxy) is 2. The second-order valence-corrected chi connectivity index (χ2v) is 8.84. The van der Waals surface area contributed by atoms with Crippen LogP contribution in [0.25, 0.3) is 11.4 Å². The summed E-state index contributed by atoms with van der Waals surface area (Å²) in [6.07, 6.45) is 0. The number of aryl methyl sites for hydroxylation is 1. The third kappa shape index (κ3) is 4.39. The molecule has 1 aromatic heterocycles. The van der Waals surface area contributed by atoms with Crippen LogP contribution in [-0.4, -0.2) is 33.2 Å². The highest BCUT2D eigenvalue weighted by atomic mass is 32.2. The largest absolute Gasteiger partial charge is 0.454 e. The van der Waals surface area contributed by atoms with Gasteiger partial charge in [-0.1, -0.05) is 42.1 Å².